The fraction of sp³-hybridized carbons (Fsp3) is 0.722. The van der Waals surface area contributed by atoms with E-state index in [2.05, 4.69) is 26.9 Å². The molecule has 128 valence electrons. The maximum absolute atomic E-state index is 12.6. The number of hydrogen-bond donors (Lipinski definition) is 1. The van der Waals surface area contributed by atoms with Crippen LogP contribution in [-0.4, -0.2) is 42.6 Å². The first-order chi connectivity index (χ1) is 11.2. The van der Waals surface area contributed by atoms with Gasteiger partial charge in [0, 0.05) is 25.3 Å². The SMILES string of the molecule is C=NC(=NC=CC)N1CCCC(C(=O)NC2CCCCCC2)C1. The molecule has 1 aliphatic heterocycles. The Morgan fingerprint density at radius 2 is 1.91 bits per heavy atom. The molecular weight excluding hydrogens is 288 g/mol. The average Bonchev–Trinajstić information content (AvgIpc) is 2.84. The van der Waals surface area contributed by atoms with Crippen LogP contribution in [0.25, 0.3) is 0 Å². The van der Waals surface area contributed by atoms with Gasteiger partial charge in [0.2, 0.25) is 11.9 Å². The molecule has 0 spiro atoms. The summed E-state index contributed by atoms with van der Waals surface area (Å²) in [6.45, 7) is 7.11. The van der Waals surface area contributed by atoms with Crippen molar-refractivity contribution in [3.05, 3.63) is 12.3 Å². The molecule has 1 saturated carbocycles. The lowest BCUT2D eigenvalue weighted by Gasteiger charge is -2.33. The van der Waals surface area contributed by atoms with Crippen molar-refractivity contribution in [1.82, 2.24) is 10.2 Å². The predicted molar refractivity (Wildman–Crippen MR) is 95.7 cm³/mol. The van der Waals surface area contributed by atoms with Gasteiger partial charge in [-0.25, -0.2) is 9.98 Å². The number of rotatable bonds is 3. The van der Waals surface area contributed by atoms with Crippen molar-refractivity contribution in [2.75, 3.05) is 13.1 Å². The monoisotopic (exact) mass is 318 g/mol. The smallest absolute Gasteiger partial charge is 0.225 e. The van der Waals surface area contributed by atoms with Gasteiger partial charge in [-0.3, -0.25) is 4.79 Å². The Morgan fingerprint density at radius 3 is 2.57 bits per heavy atom. The Bertz CT molecular complexity index is 450. The van der Waals surface area contributed by atoms with Crippen LogP contribution in [0, 0.1) is 5.92 Å². The molecule has 2 aliphatic rings. The molecule has 1 saturated heterocycles. The molecule has 0 aromatic heterocycles. The van der Waals surface area contributed by atoms with E-state index in [1.54, 1.807) is 6.20 Å². The van der Waals surface area contributed by atoms with Crippen LogP contribution in [0.5, 0.6) is 0 Å². The number of guanidine groups is 1. The minimum Gasteiger partial charge on any atom is -0.353 e. The summed E-state index contributed by atoms with van der Waals surface area (Å²) in [6, 6.07) is 0.370. The van der Waals surface area contributed by atoms with Crippen LogP contribution in [0.15, 0.2) is 22.3 Å². The third-order valence-corrected chi connectivity index (χ3v) is 4.76. The van der Waals surface area contributed by atoms with Crippen molar-refractivity contribution in [2.45, 2.75) is 64.3 Å². The first-order valence-electron chi connectivity index (χ1n) is 8.95. The fourth-order valence-corrected chi connectivity index (χ4v) is 3.48. The number of allylic oxidation sites excluding steroid dienone is 1. The molecule has 5 heteroatoms. The van der Waals surface area contributed by atoms with E-state index in [1.165, 1.54) is 25.7 Å². The molecule has 0 aromatic carbocycles. The van der Waals surface area contributed by atoms with E-state index < -0.39 is 0 Å². The molecule has 1 unspecified atom stereocenters. The third-order valence-electron chi connectivity index (χ3n) is 4.76. The van der Waals surface area contributed by atoms with Gasteiger partial charge in [0.05, 0.1) is 5.92 Å². The molecule has 2 rings (SSSR count). The third kappa shape index (κ3) is 5.48. The van der Waals surface area contributed by atoms with Gasteiger partial charge in [0.15, 0.2) is 0 Å². The summed E-state index contributed by atoms with van der Waals surface area (Å²) in [5.74, 6) is 0.857. The zero-order valence-electron chi connectivity index (χ0n) is 14.3. The summed E-state index contributed by atoms with van der Waals surface area (Å²) in [4.78, 5) is 23.0. The van der Waals surface area contributed by atoms with E-state index >= 15 is 0 Å². The van der Waals surface area contributed by atoms with Crippen molar-refractivity contribution < 1.29 is 4.79 Å². The molecule has 1 atom stereocenters. The Hall–Kier alpha value is -1.65. The van der Waals surface area contributed by atoms with Gasteiger partial charge in [0.25, 0.3) is 0 Å². The molecule has 1 heterocycles. The van der Waals surface area contributed by atoms with Crippen LogP contribution < -0.4 is 5.32 Å². The van der Waals surface area contributed by atoms with Gasteiger partial charge in [-0.2, -0.15) is 0 Å². The number of amides is 1. The van der Waals surface area contributed by atoms with Crippen LogP contribution in [-0.2, 0) is 4.79 Å². The number of carbonyl (C=O) groups is 1. The van der Waals surface area contributed by atoms with E-state index in [1.807, 2.05) is 13.0 Å². The molecule has 5 nitrogen and oxygen atoms in total. The molecule has 0 bridgehead atoms. The van der Waals surface area contributed by atoms with Crippen LogP contribution in [0.4, 0.5) is 0 Å². The summed E-state index contributed by atoms with van der Waals surface area (Å²) in [6.07, 6.45) is 12.9. The summed E-state index contributed by atoms with van der Waals surface area (Å²) >= 11 is 0. The van der Waals surface area contributed by atoms with Crippen molar-refractivity contribution in [3.63, 3.8) is 0 Å². The standard InChI is InChI=1S/C18H30N4O/c1-3-12-20-18(19-2)22-13-8-9-15(14-22)17(23)21-16-10-6-4-5-7-11-16/h3,12,15-16H,2,4-11,13-14H2,1H3,(H,21,23). The number of piperidine rings is 1. The van der Waals surface area contributed by atoms with Gasteiger partial charge < -0.3 is 10.2 Å². The Morgan fingerprint density at radius 1 is 1.17 bits per heavy atom. The molecule has 2 fully saturated rings. The van der Waals surface area contributed by atoms with Crippen LogP contribution in [0.3, 0.4) is 0 Å². The zero-order chi connectivity index (χ0) is 16.5. The van der Waals surface area contributed by atoms with Crippen molar-refractivity contribution in [3.8, 4) is 0 Å². The van der Waals surface area contributed by atoms with Gasteiger partial charge >= 0.3 is 0 Å². The minimum absolute atomic E-state index is 0.0320. The molecule has 23 heavy (non-hydrogen) atoms. The zero-order valence-corrected chi connectivity index (χ0v) is 14.3. The highest BCUT2D eigenvalue weighted by Gasteiger charge is 2.28. The second-order valence-corrected chi connectivity index (χ2v) is 6.55. The van der Waals surface area contributed by atoms with Gasteiger partial charge in [-0.05, 0) is 39.3 Å². The number of aliphatic imine (C=N–C) groups is 2. The maximum Gasteiger partial charge on any atom is 0.225 e. The molecule has 1 N–H and O–H groups in total. The summed E-state index contributed by atoms with van der Waals surface area (Å²) in [5.41, 5.74) is 0. The topological polar surface area (TPSA) is 57.1 Å². The second-order valence-electron chi connectivity index (χ2n) is 6.55. The number of carbonyl (C=O) groups excluding carboxylic acids is 1. The molecule has 0 radical (unpaired) electrons. The number of nitrogens with one attached hydrogen (secondary N) is 1. The van der Waals surface area contributed by atoms with Crippen LogP contribution in [0.2, 0.25) is 0 Å². The highest BCUT2D eigenvalue weighted by atomic mass is 16.2. The van der Waals surface area contributed by atoms with Gasteiger partial charge in [-0.15, -0.1) is 0 Å². The predicted octanol–water partition coefficient (Wildman–Crippen LogP) is 3.13. The second kappa shape index (κ2) is 9.48. The van der Waals surface area contributed by atoms with Crippen molar-refractivity contribution in [2.24, 2.45) is 15.9 Å². The van der Waals surface area contributed by atoms with E-state index in [9.17, 15) is 4.79 Å². The first-order valence-corrected chi connectivity index (χ1v) is 8.95. The normalized spacial score (nSPS) is 24.5. The highest BCUT2D eigenvalue weighted by Crippen LogP contribution is 2.21. The van der Waals surface area contributed by atoms with E-state index in [4.69, 9.17) is 0 Å². The summed E-state index contributed by atoms with van der Waals surface area (Å²) in [5, 5.41) is 3.28. The Kier molecular flexibility index (Phi) is 7.30. The first kappa shape index (κ1) is 17.7. The number of likely N-dealkylation sites (tertiary alicyclic amines) is 1. The van der Waals surface area contributed by atoms with Crippen LogP contribution in [0.1, 0.15) is 58.3 Å². The average molecular weight is 318 g/mol. The van der Waals surface area contributed by atoms with Gasteiger partial charge in [-0.1, -0.05) is 31.8 Å². The highest BCUT2D eigenvalue weighted by molar-refractivity contribution is 5.86. The molecule has 1 aliphatic carbocycles. The summed E-state index contributed by atoms with van der Waals surface area (Å²) < 4.78 is 0. The molecular formula is C18H30N4O. The quantitative estimate of drug-likeness (QED) is 0.494. The van der Waals surface area contributed by atoms with E-state index in [0.717, 1.165) is 32.2 Å². The number of nitrogens with zero attached hydrogens (tertiary/aromatic N) is 3. The summed E-state index contributed by atoms with van der Waals surface area (Å²) in [7, 11) is 0. The molecule has 1 amide bonds. The maximum atomic E-state index is 12.6. The largest absolute Gasteiger partial charge is 0.353 e. The van der Waals surface area contributed by atoms with E-state index in [-0.39, 0.29) is 11.8 Å². The lowest BCUT2D eigenvalue weighted by molar-refractivity contribution is -0.127. The van der Waals surface area contributed by atoms with Gasteiger partial charge in [0.1, 0.15) is 0 Å². The van der Waals surface area contributed by atoms with E-state index in [0.29, 0.717) is 18.5 Å². The minimum atomic E-state index is 0.0320. The number of hydrogen-bond acceptors (Lipinski definition) is 2. The lowest BCUT2D eigenvalue weighted by atomic mass is 9.96. The van der Waals surface area contributed by atoms with Crippen LogP contribution >= 0.6 is 0 Å². The van der Waals surface area contributed by atoms with Crippen molar-refractivity contribution >= 4 is 18.6 Å². The van der Waals surface area contributed by atoms with Crippen molar-refractivity contribution in [1.29, 1.82) is 0 Å². The lowest BCUT2D eigenvalue weighted by Crippen LogP contribution is -2.47. The fourth-order valence-electron chi connectivity index (χ4n) is 3.48. The Balaban J connectivity index is 1.91. The molecule has 0 aromatic rings. The Labute approximate surface area is 140 Å².